The van der Waals surface area contributed by atoms with Gasteiger partial charge in [0, 0.05) is 5.56 Å². The third kappa shape index (κ3) is 3.78. The normalized spacial score (nSPS) is 18.1. The first-order valence-electron chi connectivity index (χ1n) is 5.67. The Hall–Kier alpha value is -1.89. The molecule has 1 atom stereocenters. The molecule has 0 saturated heterocycles. The van der Waals surface area contributed by atoms with E-state index in [-0.39, 0.29) is 5.90 Å². The molecule has 0 radical (unpaired) electrons. The number of nitrogens with one attached hydrogen (secondary N) is 1. The minimum Gasteiger partial charge on any atom is -0.386 e. The number of oxime groups is 1. The zero-order valence-corrected chi connectivity index (χ0v) is 11.4. The van der Waals surface area contributed by atoms with Gasteiger partial charge in [-0.05, 0) is 31.1 Å². The number of hydrogen-bond acceptors (Lipinski definition) is 5. The molecule has 1 aromatic rings. The van der Waals surface area contributed by atoms with Crippen molar-refractivity contribution >= 4 is 23.1 Å². The number of nitrogens with zero attached hydrogens (tertiary/aromatic N) is 1. The molecule has 1 heterocycles. The third-order valence-corrected chi connectivity index (χ3v) is 3.05. The Labute approximate surface area is 113 Å². The third-order valence-electron chi connectivity index (χ3n) is 2.36. The summed E-state index contributed by atoms with van der Waals surface area (Å²) in [6, 6.07) is 8.46. The first-order valence-corrected chi connectivity index (χ1v) is 6.75. The van der Waals surface area contributed by atoms with Crippen molar-refractivity contribution in [1.82, 2.24) is 4.72 Å². The Bertz CT molecular complexity index is 528. The predicted molar refractivity (Wildman–Crippen MR) is 70.4 cm³/mol. The lowest BCUT2D eigenvalue weighted by Gasteiger charge is -2.12. The van der Waals surface area contributed by atoms with E-state index in [1.54, 1.807) is 30.3 Å². The topological polar surface area (TPSA) is 77.0 Å². The van der Waals surface area contributed by atoms with E-state index in [0.29, 0.717) is 12.0 Å². The fourth-order valence-electron chi connectivity index (χ4n) is 1.48. The van der Waals surface area contributed by atoms with Gasteiger partial charge in [0.05, 0.1) is 6.42 Å². The molecular formula is C12H14N2O4S. The lowest BCUT2D eigenvalue weighted by Crippen LogP contribution is -2.29. The maximum Gasteiger partial charge on any atom is 0.319 e. The Morgan fingerprint density at radius 1 is 1.42 bits per heavy atom. The zero-order valence-electron chi connectivity index (χ0n) is 10.6. The van der Waals surface area contributed by atoms with Gasteiger partial charge < -0.3 is 9.02 Å². The highest BCUT2D eigenvalue weighted by Crippen LogP contribution is 2.22. The molecule has 0 aliphatic carbocycles. The van der Waals surface area contributed by atoms with Crippen molar-refractivity contribution in [3.05, 3.63) is 35.9 Å². The van der Waals surface area contributed by atoms with Gasteiger partial charge >= 0.3 is 11.3 Å². The summed E-state index contributed by atoms with van der Waals surface area (Å²) in [4.78, 5) is 16.8. The van der Waals surface area contributed by atoms with E-state index in [4.69, 9.17) is 9.02 Å². The summed E-state index contributed by atoms with van der Waals surface area (Å²) in [5, 5.41) is 3.66. The van der Waals surface area contributed by atoms with Gasteiger partial charge in [-0.15, -0.1) is 0 Å². The molecule has 0 fully saturated rings. The second-order valence-electron chi connectivity index (χ2n) is 4.63. The fourth-order valence-corrected chi connectivity index (χ4v) is 2.06. The smallest absolute Gasteiger partial charge is 0.319 e. The van der Waals surface area contributed by atoms with Crippen LogP contribution in [0.25, 0.3) is 0 Å². The molecule has 1 N–H and O–H groups in total. The molecule has 2 rings (SSSR count). The van der Waals surface area contributed by atoms with Gasteiger partial charge in [0.1, 0.15) is 5.60 Å². The van der Waals surface area contributed by atoms with Crippen LogP contribution in [-0.2, 0) is 20.3 Å². The van der Waals surface area contributed by atoms with Crippen molar-refractivity contribution in [2.45, 2.75) is 25.9 Å². The summed E-state index contributed by atoms with van der Waals surface area (Å²) in [5.74, 6) is -0.269. The van der Waals surface area contributed by atoms with Gasteiger partial charge in [-0.1, -0.05) is 18.2 Å². The first kappa shape index (κ1) is 13.5. The molecule has 19 heavy (non-hydrogen) atoms. The lowest BCUT2D eigenvalue weighted by molar-refractivity contribution is 0.0123. The molecule has 102 valence electrons. The Balaban J connectivity index is 1.87. The minimum atomic E-state index is -1.98. The standard InChI is InChI=1S/C12H14N2O4S/c1-12(2)8-10(13-18-12)17-19(16)14-11(15)9-6-4-3-5-7-9/h3-7H,8H2,1-2H3,(H,14,15). The largest absolute Gasteiger partial charge is 0.386 e. The molecule has 1 unspecified atom stereocenters. The van der Waals surface area contributed by atoms with E-state index in [9.17, 15) is 9.00 Å². The highest BCUT2D eigenvalue weighted by molar-refractivity contribution is 7.79. The van der Waals surface area contributed by atoms with Crippen molar-refractivity contribution in [2.75, 3.05) is 0 Å². The van der Waals surface area contributed by atoms with Crippen molar-refractivity contribution in [1.29, 1.82) is 0 Å². The van der Waals surface area contributed by atoms with Crippen molar-refractivity contribution in [2.24, 2.45) is 5.16 Å². The van der Waals surface area contributed by atoms with Gasteiger partial charge in [0.15, 0.2) is 0 Å². The van der Waals surface area contributed by atoms with Crippen LogP contribution in [0.4, 0.5) is 0 Å². The summed E-state index contributed by atoms with van der Waals surface area (Å²) >= 11 is -1.98. The summed E-state index contributed by atoms with van der Waals surface area (Å²) in [6.45, 7) is 3.66. The van der Waals surface area contributed by atoms with E-state index < -0.39 is 22.8 Å². The molecular weight excluding hydrogens is 268 g/mol. The number of benzene rings is 1. The second kappa shape index (κ2) is 5.40. The molecule has 0 bridgehead atoms. The van der Waals surface area contributed by atoms with E-state index >= 15 is 0 Å². The van der Waals surface area contributed by atoms with Crippen LogP contribution in [0.1, 0.15) is 30.6 Å². The molecule has 1 aliphatic heterocycles. The van der Waals surface area contributed by atoms with Crippen LogP contribution in [0.2, 0.25) is 0 Å². The van der Waals surface area contributed by atoms with Crippen LogP contribution in [0.15, 0.2) is 35.5 Å². The summed E-state index contributed by atoms with van der Waals surface area (Å²) in [6.07, 6.45) is 0.403. The quantitative estimate of drug-likeness (QED) is 0.912. The van der Waals surface area contributed by atoms with Crippen LogP contribution >= 0.6 is 0 Å². The van der Waals surface area contributed by atoms with Gasteiger partial charge in [0.2, 0.25) is 5.90 Å². The summed E-state index contributed by atoms with van der Waals surface area (Å²) in [7, 11) is 0. The SMILES string of the molecule is CC1(C)CC(OS(=O)NC(=O)c2ccccc2)=NO1. The fraction of sp³-hybridized carbons (Fsp3) is 0.333. The highest BCUT2D eigenvalue weighted by atomic mass is 32.2. The minimum absolute atomic E-state index is 0.205. The van der Waals surface area contributed by atoms with E-state index in [0.717, 1.165) is 0 Å². The maximum absolute atomic E-state index is 11.7. The second-order valence-corrected chi connectivity index (χ2v) is 5.47. The molecule has 0 spiro atoms. The lowest BCUT2D eigenvalue weighted by atomic mass is 10.1. The number of carbonyl (C=O) groups is 1. The summed E-state index contributed by atoms with van der Waals surface area (Å²) < 4.78 is 18.8. The molecule has 1 amide bonds. The van der Waals surface area contributed by atoms with E-state index in [2.05, 4.69) is 9.88 Å². The Morgan fingerprint density at radius 2 is 2.11 bits per heavy atom. The maximum atomic E-state index is 11.7. The van der Waals surface area contributed by atoms with Crippen LogP contribution in [0.3, 0.4) is 0 Å². The summed E-state index contributed by atoms with van der Waals surface area (Å²) in [5.41, 5.74) is -0.0624. The monoisotopic (exact) mass is 282 g/mol. The average Bonchev–Trinajstić information content (AvgIpc) is 2.69. The molecule has 1 aliphatic rings. The Kier molecular flexibility index (Phi) is 3.84. The Morgan fingerprint density at radius 3 is 2.68 bits per heavy atom. The van der Waals surface area contributed by atoms with E-state index in [1.165, 1.54) is 0 Å². The molecule has 1 aromatic carbocycles. The van der Waals surface area contributed by atoms with Crippen LogP contribution < -0.4 is 4.72 Å². The van der Waals surface area contributed by atoms with Crippen LogP contribution in [0.5, 0.6) is 0 Å². The van der Waals surface area contributed by atoms with Gasteiger partial charge in [-0.25, -0.2) is 4.72 Å². The number of hydrogen-bond donors (Lipinski definition) is 1. The number of amides is 1. The number of rotatable bonds is 3. The van der Waals surface area contributed by atoms with Crippen molar-refractivity contribution in [3.8, 4) is 0 Å². The average molecular weight is 282 g/mol. The van der Waals surface area contributed by atoms with Gasteiger partial charge in [-0.3, -0.25) is 4.79 Å². The first-order chi connectivity index (χ1) is 8.96. The molecule has 0 saturated carbocycles. The van der Waals surface area contributed by atoms with Crippen LogP contribution in [-0.4, -0.2) is 21.6 Å². The zero-order chi connectivity index (χ0) is 13.9. The molecule has 7 heteroatoms. The number of carbonyl (C=O) groups excluding carboxylic acids is 1. The van der Waals surface area contributed by atoms with Gasteiger partial charge in [-0.2, -0.15) is 4.21 Å². The van der Waals surface area contributed by atoms with Crippen molar-refractivity contribution in [3.63, 3.8) is 0 Å². The molecule has 0 aromatic heterocycles. The van der Waals surface area contributed by atoms with Crippen LogP contribution in [0, 0.1) is 0 Å². The van der Waals surface area contributed by atoms with Crippen molar-refractivity contribution < 1.29 is 18.0 Å². The molecule has 6 nitrogen and oxygen atoms in total. The highest BCUT2D eigenvalue weighted by Gasteiger charge is 2.31. The van der Waals surface area contributed by atoms with E-state index in [1.807, 2.05) is 13.8 Å². The predicted octanol–water partition coefficient (Wildman–Crippen LogP) is 1.52. The van der Waals surface area contributed by atoms with Gasteiger partial charge in [0.25, 0.3) is 5.91 Å².